The van der Waals surface area contributed by atoms with Crippen molar-refractivity contribution in [2.75, 3.05) is 7.11 Å². The number of rotatable bonds is 6. The molecule has 0 unspecified atom stereocenters. The van der Waals surface area contributed by atoms with E-state index in [0.29, 0.717) is 11.1 Å². The number of methoxy groups -OCH3 is 1. The third-order valence-corrected chi connectivity index (χ3v) is 4.45. The van der Waals surface area contributed by atoms with Gasteiger partial charge in [-0.3, -0.25) is 4.79 Å². The Kier molecular flexibility index (Phi) is 6.11. The Morgan fingerprint density at radius 1 is 1.36 bits per heavy atom. The third kappa shape index (κ3) is 5.84. The Bertz CT molecular complexity index is 899. The van der Waals surface area contributed by atoms with Crippen LogP contribution in [0.3, 0.4) is 0 Å². The summed E-state index contributed by atoms with van der Waals surface area (Å²) in [7, 11) is -2.56. The Hall–Kier alpha value is -2.45. The molecular weight excluding hydrogens is 371 g/mol. The lowest BCUT2D eigenvalue weighted by atomic mass is 10.2. The molecule has 6 nitrogen and oxygen atoms in total. The third-order valence-electron chi connectivity index (χ3n) is 3.00. The number of amides is 1. The summed E-state index contributed by atoms with van der Waals surface area (Å²) in [4.78, 5) is 15.5. The van der Waals surface area contributed by atoms with Crippen LogP contribution in [-0.2, 0) is 20.6 Å². The first-order valence-corrected chi connectivity index (χ1v) is 8.98. The lowest BCUT2D eigenvalue weighted by molar-refractivity contribution is -0.114. The number of sulfonamides is 1. The molecule has 2 aromatic rings. The number of nitrogens with zero attached hydrogens (tertiary/aromatic N) is 1. The summed E-state index contributed by atoms with van der Waals surface area (Å²) in [5.74, 6) is -1.79. The van der Waals surface area contributed by atoms with E-state index < -0.39 is 27.5 Å². The number of pyridine rings is 1. The molecule has 1 aromatic carbocycles. The van der Waals surface area contributed by atoms with Gasteiger partial charge >= 0.3 is 0 Å². The van der Waals surface area contributed by atoms with E-state index in [4.69, 9.17) is 16.3 Å². The molecule has 0 saturated carbocycles. The highest BCUT2D eigenvalue weighted by atomic mass is 35.5. The van der Waals surface area contributed by atoms with Gasteiger partial charge in [0, 0.05) is 12.3 Å². The van der Waals surface area contributed by atoms with Crippen LogP contribution in [0, 0.1) is 5.82 Å². The summed E-state index contributed by atoms with van der Waals surface area (Å²) in [6, 6.07) is 7.04. The number of carbonyl (C=O) groups excluding carboxylic acids is 1. The molecule has 25 heavy (non-hydrogen) atoms. The van der Waals surface area contributed by atoms with Crippen molar-refractivity contribution in [3.05, 3.63) is 64.7 Å². The summed E-state index contributed by atoms with van der Waals surface area (Å²) in [5, 5.41) is 0.236. The first kappa shape index (κ1) is 18.9. The van der Waals surface area contributed by atoms with Gasteiger partial charge in [-0.25, -0.2) is 22.5 Å². The van der Waals surface area contributed by atoms with Crippen molar-refractivity contribution in [2.45, 2.75) is 5.75 Å². The highest BCUT2D eigenvalue weighted by Crippen LogP contribution is 2.18. The van der Waals surface area contributed by atoms with Crippen LogP contribution in [-0.4, -0.2) is 26.4 Å². The molecule has 0 bridgehead atoms. The lowest BCUT2D eigenvalue weighted by Gasteiger charge is -2.05. The zero-order valence-corrected chi connectivity index (χ0v) is 14.6. The smallest absolute Gasteiger partial charge is 0.257 e. The molecule has 1 amide bonds. The number of halogens is 2. The van der Waals surface area contributed by atoms with Crippen molar-refractivity contribution in [3.8, 4) is 5.75 Å². The Labute approximate surface area is 149 Å². The van der Waals surface area contributed by atoms with Crippen molar-refractivity contribution in [1.29, 1.82) is 0 Å². The van der Waals surface area contributed by atoms with Gasteiger partial charge in [-0.05, 0) is 35.4 Å². The van der Waals surface area contributed by atoms with Crippen molar-refractivity contribution < 1.29 is 22.3 Å². The first-order chi connectivity index (χ1) is 11.8. The van der Waals surface area contributed by atoms with Gasteiger partial charge in [0.2, 0.25) is 10.0 Å². The second kappa shape index (κ2) is 8.09. The van der Waals surface area contributed by atoms with Crippen molar-refractivity contribution in [1.82, 2.24) is 9.71 Å². The fraction of sp³-hybridized carbons (Fsp3) is 0.125. The average molecular weight is 385 g/mol. The molecule has 1 heterocycles. The summed E-state index contributed by atoms with van der Waals surface area (Å²) in [5.41, 5.74) is 0.763. The molecule has 1 aromatic heterocycles. The van der Waals surface area contributed by atoms with Crippen LogP contribution in [0.2, 0.25) is 5.15 Å². The van der Waals surface area contributed by atoms with E-state index >= 15 is 0 Å². The van der Waals surface area contributed by atoms with Crippen molar-refractivity contribution in [2.24, 2.45) is 0 Å². The molecule has 2 rings (SSSR count). The predicted octanol–water partition coefficient (Wildman–Crippen LogP) is 2.54. The zero-order valence-electron chi connectivity index (χ0n) is 13.1. The van der Waals surface area contributed by atoms with Gasteiger partial charge in [0.1, 0.15) is 5.15 Å². The number of benzene rings is 1. The van der Waals surface area contributed by atoms with Crippen molar-refractivity contribution >= 4 is 33.6 Å². The second-order valence-electron chi connectivity index (χ2n) is 4.94. The molecule has 0 spiro atoms. The van der Waals surface area contributed by atoms with Gasteiger partial charge in [-0.2, -0.15) is 0 Å². The lowest BCUT2D eigenvalue weighted by Crippen LogP contribution is -2.30. The van der Waals surface area contributed by atoms with E-state index in [2.05, 4.69) is 4.98 Å². The van der Waals surface area contributed by atoms with Crippen LogP contribution in [0.1, 0.15) is 11.1 Å². The van der Waals surface area contributed by atoms with Crippen LogP contribution in [0.4, 0.5) is 4.39 Å². The maximum atomic E-state index is 13.5. The SMILES string of the molecule is COc1ccc(/C=C/C(=O)NS(=O)(=O)Cc2ccc(Cl)nc2)cc1F. The fourth-order valence-electron chi connectivity index (χ4n) is 1.89. The molecule has 0 atom stereocenters. The van der Waals surface area contributed by atoms with Gasteiger partial charge in [-0.1, -0.05) is 23.7 Å². The van der Waals surface area contributed by atoms with Crippen LogP contribution in [0.25, 0.3) is 6.08 Å². The van der Waals surface area contributed by atoms with Crippen molar-refractivity contribution in [3.63, 3.8) is 0 Å². The highest BCUT2D eigenvalue weighted by Gasteiger charge is 2.14. The van der Waals surface area contributed by atoms with Crippen LogP contribution < -0.4 is 9.46 Å². The molecule has 1 N–H and O–H groups in total. The summed E-state index contributed by atoms with van der Waals surface area (Å²) < 4.78 is 44.1. The monoisotopic (exact) mass is 384 g/mol. The number of aromatic nitrogens is 1. The van der Waals surface area contributed by atoms with Gasteiger partial charge in [0.25, 0.3) is 5.91 Å². The fourth-order valence-corrected chi connectivity index (χ4v) is 3.06. The Morgan fingerprint density at radius 2 is 2.12 bits per heavy atom. The average Bonchev–Trinajstić information content (AvgIpc) is 2.54. The van der Waals surface area contributed by atoms with E-state index in [0.717, 1.165) is 12.1 Å². The number of ether oxygens (including phenoxy) is 1. The predicted molar refractivity (Wildman–Crippen MR) is 92.0 cm³/mol. The molecule has 0 radical (unpaired) electrons. The number of nitrogens with one attached hydrogen (secondary N) is 1. The van der Waals surface area contributed by atoms with E-state index in [1.165, 1.54) is 43.6 Å². The number of hydrogen-bond donors (Lipinski definition) is 1. The first-order valence-electron chi connectivity index (χ1n) is 6.95. The molecular formula is C16H14ClFN2O4S. The molecule has 0 saturated heterocycles. The van der Waals surface area contributed by atoms with E-state index in [9.17, 15) is 17.6 Å². The topological polar surface area (TPSA) is 85.4 Å². The van der Waals surface area contributed by atoms with Gasteiger partial charge in [0.15, 0.2) is 11.6 Å². The molecule has 0 aliphatic carbocycles. The van der Waals surface area contributed by atoms with Gasteiger partial charge in [0.05, 0.1) is 12.9 Å². The quantitative estimate of drug-likeness (QED) is 0.611. The minimum atomic E-state index is -3.90. The number of carbonyl (C=O) groups is 1. The standard InChI is InChI=1S/C16H14ClFN2O4S/c1-24-14-5-2-11(8-13(14)18)4-7-16(21)20-25(22,23)10-12-3-6-15(17)19-9-12/h2-9H,10H2,1H3,(H,20,21)/b7-4+. The molecule has 0 aliphatic heterocycles. The molecule has 0 aliphatic rings. The maximum Gasteiger partial charge on any atom is 0.257 e. The molecule has 0 fully saturated rings. The minimum Gasteiger partial charge on any atom is -0.494 e. The zero-order chi connectivity index (χ0) is 18.4. The van der Waals surface area contributed by atoms with E-state index in [-0.39, 0.29) is 10.9 Å². The van der Waals surface area contributed by atoms with Crippen LogP contribution in [0.15, 0.2) is 42.6 Å². The summed E-state index contributed by atoms with van der Waals surface area (Å²) in [6.45, 7) is 0. The Balaban J connectivity index is 2.00. The number of hydrogen-bond acceptors (Lipinski definition) is 5. The van der Waals surface area contributed by atoms with E-state index in [1.54, 1.807) is 0 Å². The van der Waals surface area contributed by atoms with Gasteiger partial charge in [-0.15, -0.1) is 0 Å². The minimum absolute atomic E-state index is 0.0701. The van der Waals surface area contributed by atoms with Crippen LogP contribution in [0.5, 0.6) is 5.75 Å². The molecule has 9 heteroatoms. The Morgan fingerprint density at radius 3 is 2.72 bits per heavy atom. The largest absolute Gasteiger partial charge is 0.494 e. The summed E-state index contributed by atoms with van der Waals surface area (Å²) >= 11 is 5.62. The summed E-state index contributed by atoms with van der Waals surface area (Å²) in [6.07, 6.45) is 3.60. The highest BCUT2D eigenvalue weighted by molar-refractivity contribution is 7.89. The van der Waals surface area contributed by atoms with E-state index in [1.807, 2.05) is 4.72 Å². The normalized spacial score (nSPS) is 11.5. The second-order valence-corrected chi connectivity index (χ2v) is 7.05. The van der Waals surface area contributed by atoms with Gasteiger partial charge < -0.3 is 4.74 Å². The van der Waals surface area contributed by atoms with Crippen LogP contribution >= 0.6 is 11.6 Å². The maximum absolute atomic E-state index is 13.5. The molecule has 132 valence electrons.